The average molecular weight is 215 g/mol. The molecule has 2 unspecified atom stereocenters. The molecular formula is C12H25NO2. The van der Waals surface area contributed by atoms with E-state index in [2.05, 4.69) is 19.2 Å². The SMILES string of the molecule is CNC1CCOCC1CCOCC(C)C. The molecule has 0 amide bonds. The van der Waals surface area contributed by atoms with Crippen LogP contribution in [0.5, 0.6) is 0 Å². The van der Waals surface area contributed by atoms with Gasteiger partial charge >= 0.3 is 0 Å². The summed E-state index contributed by atoms with van der Waals surface area (Å²) in [5.41, 5.74) is 0. The standard InChI is InChI=1S/C12H25NO2/c1-10(2)8-14-6-4-11-9-15-7-5-12(11)13-3/h10-13H,4-9H2,1-3H3. The van der Waals surface area contributed by atoms with Crippen LogP contribution in [0.4, 0.5) is 0 Å². The molecule has 1 saturated heterocycles. The lowest BCUT2D eigenvalue weighted by atomic mass is 9.93. The van der Waals surface area contributed by atoms with Crippen molar-refractivity contribution in [2.75, 3.05) is 33.5 Å². The van der Waals surface area contributed by atoms with Crippen LogP contribution in [0.3, 0.4) is 0 Å². The highest BCUT2D eigenvalue weighted by Gasteiger charge is 2.23. The van der Waals surface area contributed by atoms with Gasteiger partial charge in [-0.15, -0.1) is 0 Å². The summed E-state index contributed by atoms with van der Waals surface area (Å²) >= 11 is 0. The van der Waals surface area contributed by atoms with Crippen LogP contribution in [0.25, 0.3) is 0 Å². The van der Waals surface area contributed by atoms with Gasteiger partial charge in [-0.25, -0.2) is 0 Å². The zero-order valence-corrected chi connectivity index (χ0v) is 10.3. The molecule has 0 bridgehead atoms. The first-order valence-corrected chi connectivity index (χ1v) is 6.06. The van der Waals surface area contributed by atoms with Gasteiger partial charge in [0, 0.05) is 25.9 Å². The van der Waals surface area contributed by atoms with Gasteiger partial charge in [0.15, 0.2) is 0 Å². The molecule has 1 rings (SSSR count). The number of rotatable bonds is 6. The van der Waals surface area contributed by atoms with Crippen molar-refractivity contribution >= 4 is 0 Å². The van der Waals surface area contributed by atoms with Gasteiger partial charge in [-0.05, 0) is 31.7 Å². The van der Waals surface area contributed by atoms with E-state index in [0.717, 1.165) is 39.3 Å². The van der Waals surface area contributed by atoms with Crippen molar-refractivity contribution in [1.29, 1.82) is 0 Å². The van der Waals surface area contributed by atoms with Gasteiger partial charge in [-0.1, -0.05) is 13.8 Å². The maximum atomic E-state index is 5.61. The third kappa shape index (κ3) is 4.96. The average Bonchev–Trinajstić information content (AvgIpc) is 2.24. The smallest absolute Gasteiger partial charge is 0.0510 e. The van der Waals surface area contributed by atoms with Crippen LogP contribution in [0, 0.1) is 11.8 Å². The minimum Gasteiger partial charge on any atom is -0.381 e. The molecule has 3 nitrogen and oxygen atoms in total. The quantitative estimate of drug-likeness (QED) is 0.684. The lowest BCUT2D eigenvalue weighted by Gasteiger charge is -2.31. The van der Waals surface area contributed by atoms with Gasteiger partial charge in [0.1, 0.15) is 0 Å². The van der Waals surface area contributed by atoms with Crippen molar-refractivity contribution < 1.29 is 9.47 Å². The number of ether oxygens (including phenoxy) is 2. The molecule has 0 aromatic rings. The Balaban J connectivity index is 2.12. The minimum atomic E-state index is 0.612. The van der Waals surface area contributed by atoms with Crippen molar-refractivity contribution in [3.63, 3.8) is 0 Å². The third-order valence-electron chi connectivity index (χ3n) is 2.93. The molecule has 2 atom stereocenters. The summed E-state index contributed by atoms with van der Waals surface area (Å²) in [7, 11) is 2.04. The normalized spacial score (nSPS) is 27.2. The maximum absolute atomic E-state index is 5.61. The van der Waals surface area contributed by atoms with Crippen LogP contribution in [0.1, 0.15) is 26.7 Å². The molecule has 1 aliphatic heterocycles. The van der Waals surface area contributed by atoms with Crippen LogP contribution >= 0.6 is 0 Å². The fourth-order valence-corrected chi connectivity index (χ4v) is 2.02. The van der Waals surface area contributed by atoms with Crippen molar-refractivity contribution in [3.05, 3.63) is 0 Å². The summed E-state index contributed by atoms with van der Waals surface area (Å²) in [6, 6.07) is 0.612. The Labute approximate surface area is 93.5 Å². The fraction of sp³-hybridized carbons (Fsp3) is 1.00. The van der Waals surface area contributed by atoms with Gasteiger partial charge in [-0.2, -0.15) is 0 Å². The topological polar surface area (TPSA) is 30.5 Å². The summed E-state index contributed by atoms with van der Waals surface area (Å²) in [4.78, 5) is 0. The second-order valence-electron chi connectivity index (χ2n) is 4.78. The molecule has 0 aromatic heterocycles. The Morgan fingerprint density at radius 2 is 2.27 bits per heavy atom. The molecule has 0 spiro atoms. The van der Waals surface area contributed by atoms with E-state index < -0.39 is 0 Å². The number of hydrogen-bond donors (Lipinski definition) is 1. The fourth-order valence-electron chi connectivity index (χ4n) is 2.02. The largest absolute Gasteiger partial charge is 0.381 e. The maximum Gasteiger partial charge on any atom is 0.0510 e. The predicted molar refractivity (Wildman–Crippen MR) is 62.0 cm³/mol. The summed E-state index contributed by atoms with van der Waals surface area (Å²) in [6.07, 6.45) is 2.24. The number of nitrogens with one attached hydrogen (secondary N) is 1. The van der Waals surface area contributed by atoms with Crippen molar-refractivity contribution in [2.45, 2.75) is 32.7 Å². The third-order valence-corrected chi connectivity index (χ3v) is 2.93. The molecule has 0 saturated carbocycles. The highest BCUT2D eigenvalue weighted by Crippen LogP contribution is 2.18. The molecule has 1 N–H and O–H groups in total. The van der Waals surface area contributed by atoms with Crippen LogP contribution < -0.4 is 5.32 Å². The zero-order valence-electron chi connectivity index (χ0n) is 10.3. The highest BCUT2D eigenvalue weighted by atomic mass is 16.5. The van der Waals surface area contributed by atoms with Crippen LogP contribution in [0.15, 0.2) is 0 Å². The van der Waals surface area contributed by atoms with E-state index in [9.17, 15) is 0 Å². The van der Waals surface area contributed by atoms with E-state index in [-0.39, 0.29) is 0 Å². The first-order chi connectivity index (χ1) is 7.24. The molecule has 15 heavy (non-hydrogen) atoms. The van der Waals surface area contributed by atoms with E-state index in [1.54, 1.807) is 0 Å². The van der Waals surface area contributed by atoms with Crippen LogP contribution in [-0.2, 0) is 9.47 Å². The van der Waals surface area contributed by atoms with Crippen molar-refractivity contribution in [2.24, 2.45) is 11.8 Å². The zero-order chi connectivity index (χ0) is 11.1. The molecule has 90 valence electrons. The van der Waals surface area contributed by atoms with Crippen molar-refractivity contribution in [1.82, 2.24) is 5.32 Å². The van der Waals surface area contributed by atoms with E-state index in [4.69, 9.17) is 9.47 Å². The van der Waals surface area contributed by atoms with E-state index >= 15 is 0 Å². The lowest BCUT2D eigenvalue weighted by molar-refractivity contribution is 0.0130. The van der Waals surface area contributed by atoms with E-state index in [0.29, 0.717) is 17.9 Å². The Morgan fingerprint density at radius 3 is 2.93 bits per heavy atom. The predicted octanol–water partition coefficient (Wildman–Crippen LogP) is 1.67. The molecule has 1 aliphatic rings. The summed E-state index contributed by atoms with van der Waals surface area (Å²) in [5, 5.41) is 3.37. The molecule has 0 radical (unpaired) electrons. The van der Waals surface area contributed by atoms with E-state index in [1.165, 1.54) is 0 Å². The van der Waals surface area contributed by atoms with Gasteiger partial charge in [0.25, 0.3) is 0 Å². The van der Waals surface area contributed by atoms with Gasteiger partial charge in [0.2, 0.25) is 0 Å². The second-order valence-corrected chi connectivity index (χ2v) is 4.78. The lowest BCUT2D eigenvalue weighted by Crippen LogP contribution is -2.41. The Bertz CT molecular complexity index is 162. The number of hydrogen-bond acceptors (Lipinski definition) is 3. The molecule has 0 aliphatic carbocycles. The Hall–Kier alpha value is -0.120. The van der Waals surface area contributed by atoms with Gasteiger partial charge in [-0.3, -0.25) is 0 Å². The molecule has 1 heterocycles. The summed E-state index contributed by atoms with van der Waals surface area (Å²) in [5.74, 6) is 1.25. The van der Waals surface area contributed by atoms with Crippen LogP contribution in [0.2, 0.25) is 0 Å². The molecule has 1 fully saturated rings. The first-order valence-electron chi connectivity index (χ1n) is 6.06. The summed E-state index contributed by atoms with van der Waals surface area (Å²) < 4.78 is 11.1. The van der Waals surface area contributed by atoms with Crippen LogP contribution in [-0.4, -0.2) is 39.5 Å². The van der Waals surface area contributed by atoms with Crippen molar-refractivity contribution in [3.8, 4) is 0 Å². The molecule has 3 heteroatoms. The Kier molecular flexibility index (Phi) is 6.22. The van der Waals surface area contributed by atoms with Gasteiger partial charge < -0.3 is 14.8 Å². The Morgan fingerprint density at radius 1 is 1.47 bits per heavy atom. The highest BCUT2D eigenvalue weighted by molar-refractivity contribution is 4.78. The molecular weight excluding hydrogens is 190 g/mol. The minimum absolute atomic E-state index is 0.612. The second kappa shape index (κ2) is 7.20. The van der Waals surface area contributed by atoms with E-state index in [1.807, 2.05) is 7.05 Å². The van der Waals surface area contributed by atoms with Gasteiger partial charge in [0.05, 0.1) is 6.61 Å². The first kappa shape index (κ1) is 12.9. The molecule has 0 aromatic carbocycles. The summed E-state index contributed by atoms with van der Waals surface area (Å²) in [6.45, 7) is 7.88. The monoisotopic (exact) mass is 215 g/mol.